The van der Waals surface area contributed by atoms with Gasteiger partial charge in [-0.2, -0.15) is 0 Å². The van der Waals surface area contributed by atoms with Crippen LogP contribution in [0.25, 0.3) is 0 Å². The van der Waals surface area contributed by atoms with Gasteiger partial charge < -0.3 is 24.6 Å². The smallest absolute Gasteiger partial charge is 0.457 e. The summed E-state index contributed by atoms with van der Waals surface area (Å²) in [5.41, 5.74) is 0. The molecule has 0 spiro atoms. The van der Waals surface area contributed by atoms with Crippen LogP contribution in [0.4, 0.5) is 0 Å². The van der Waals surface area contributed by atoms with Crippen molar-refractivity contribution in [3.05, 3.63) is 36.5 Å². The van der Waals surface area contributed by atoms with Crippen LogP contribution in [-0.2, 0) is 27.9 Å². The van der Waals surface area contributed by atoms with Crippen molar-refractivity contribution < 1.29 is 43.0 Å². The van der Waals surface area contributed by atoms with E-state index in [0.29, 0.717) is 6.61 Å². The first-order valence-electron chi connectivity index (χ1n) is 26.5. The Morgan fingerprint density at radius 3 is 1.32 bits per heavy atom. The molecule has 63 heavy (non-hydrogen) atoms. The van der Waals surface area contributed by atoms with Gasteiger partial charge in [0.2, 0.25) is 0 Å². The normalized spacial score (nSPS) is 14.0. The van der Waals surface area contributed by atoms with Crippen LogP contribution < -0.4 is 0 Å². The topological polar surface area (TPSA) is 132 Å². The Labute approximate surface area is 388 Å². The number of carbonyl (C=O) groups is 1. The number of phosphoric acid groups is 1. The minimum Gasteiger partial charge on any atom is -0.457 e. The van der Waals surface area contributed by atoms with E-state index < -0.39 is 33.2 Å². The summed E-state index contributed by atoms with van der Waals surface area (Å²) < 4.78 is 33.6. The van der Waals surface area contributed by atoms with Gasteiger partial charge >= 0.3 is 13.8 Å². The monoisotopic (exact) mass is 913 g/mol. The van der Waals surface area contributed by atoms with Gasteiger partial charge in [0, 0.05) is 13.0 Å². The van der Waals surface area contributed by atoms with Gasteiger partial charge in [-0.1, -0.05) is 230 Å². The Morgan fingerprint density at radius 1 is 0.492 bits per heavy atom. The lowest BCUT2D eigenvalue weighted by Crippen LogP contribution is -2.29. The Kier molecular flexibility index (Phi) is 49.1. The molecule has 372 valence electrons. The van der Waals surface area contributed by atoms with Crippen LogP contribution >= 0.6 is 7.82 Å². The molecular formula is C53H101O9P. The van der Waals surface area contributed by atoms with Crippen molar-refractivity contribution >= 4 is 13.8 Å². The van der Waals surface area contributed by atoms with Crippen LogP contribution in [0.3, 0.4) is 0 Å². The molecule has 0 rings (SSSR count). The minimum absolute atomic E-state index is 0.0455. The zero-order chi connectivity index (χ0) is 46.0. The van der Waals surface area contributed by atoms with Crippen LogP contribution in [0.2, 0.25) is 0 Å². The number of rotatable bonds is 51. The van der Waals surface area contributed by atoms with Crippen molar-refractivity contribution in [2.24, 2.45) is 0 Å². The highest BCUT2D eigenvalue weighted by molar-refractivity contribution is 7.47. The molecule has 0 saturated carbocycles. The number of hydrogen-bond acceptors (Lipinski definition) is 8. The number of unbranched alkanes of at least 4 members (excludes halogenated alkanes) is 31. The highest BCUT2D eigenvalue weighted by Crippen LogP contribution is 2.43. The summed E-state index contributed by atoms with van der Waals surface area (Å²) >= 11 is 0. The first-order valence-corrected chi connectivity index (χ1v) is 28.0. The summed E-state index contributed by atoms with van der Waals surface area (Å²) in [6.45, 7) is 3.52. The second-order valence-electron chi connectivity index (χ2n) is 17.9. The maximum Gasteiger partial charge on any atom is 0.472 e. The van der Waals surface area contributed by atoms with E-state index in [1.165, 1.54) is 173 Å². The maximum atomic E-state index is 12.7. The van der Waals surface area contributed by atoms with E-state index in [-0.39, 0.29) is 25.6 Å². The molecule has 0 saturated heterocycles. The number of hydrogen-bond donors (Lipinski definition) is 3. The fraction of sp³-hybridized carbons (Fsp3) is 0.868. The van der Waals surface area contributed by atoms with E-state index in [4.69, 9.17) is 23.6 Å². The summed E-state index contributed by atoms with van der Waals surface area (Å²) in [6, 6.07) is 0. The van der Waals surface area contributed by atoms with Crippen LogP contribution in [0, 0.1) is 0 Å². The van der Waals surface area contributed by atoms with Crippen LogP contribution in [-0.4, -0.2) is 66.3 Å². The number of esters is 1. The molecule has 0 heterocycles. The second kappa shape index (κ2) is 50.1. The van der Waals surface area contributed by atoms with Gasteiger partial charge in [-0.3, -0.25) is 13.8 Å². The van der Waals surface area contributed by atoms with E-state index in [9.17, 15) is 19.4 Å². The fourth-order valence-electron chi connectivity index (χ4n) is 7.54. The molecule has 10 heteroatoms. The lowest BCUT2D eigenvalue weighted by Gasteiger charge is -2.20. The molecule has 3 atom stereocenters. The van der Waals surface area contributed by atoms with Gasteiger partial charge in [-0.05, 0) is 51.4 Å². The zero-order valence-corrected chi connectivity index (χ0v) is 42.0. The number of aliphatic hydroxyl groups excluding tert-OH is 2. The molecular weight excluding hydrogens is 812 g/mol. The molecule has 3 N–H and O–H groups in total. The molecule has 9 nitrogen and oxygen atoms in total. The van der Waals surface area contributed by atoms with E-state index in [1.807, 2.05) is 0 Å². The van der Waals surface area contributed by atoms with E-state index in [0.717, 1.165) is 57.8 Å². The zero-order valence-electron chi connectivity index (χ0n) is 41.1. The predicted octanol–water partition coefficient (Wildman–Crippen LogP) is 15.5. The first-order chi connectivity index (χ1) is 30.8. The van der Waals surface area contributed by atoms with Gasteiger partial charge in [0.05, 0.1) is 26.4 Å². The van der Waals surface area contributed by atoms with Crippen molar-refractivity contribution in [1.29, 1.82) is 0 Å². The first kappa shape index (κ1) is 61.7. The minimum atomic E-state index is -4.53. The maximum absolute atomic E-state index is 12.7. The van der Waals surface area contributed by atoms with Gasteiger partial charge in [0.1, 0.15) is 12.2 Å². The highest BCUT2D eigenvalue weighted by atomic mass is 31.2. The quantitative estimate of drug-likeness (QED) is 0.0236. The molecule has 0 aliphatic carbocycles. The number of aliphatic hydroxyl groups is 2. The second-order valence-corrected chi connectivity index (χ2v) is 19.4. The summed E-state index contributed by atoms with van der Waals surface area (Å²) in [7, 11) is -4.53. The van der Waals surface area contributed by atoms with Crippen molar-refractivity contribution in [3.63, 3.8) is 0 Å². The largest absolute Gasteiger partial charge is 0.472 e. The number of phosphoric ester groups is 1. The van der Waals surface area contributed by atoms with Crippen LogP contribution in [0.1, 0.15) is 251 Å². The predicted molar refractivity (Wildman–Crippen MR) is 265 cm³/mol. The average molecular weight is 913 g/mol. The fourth-order valence-corrected chi connectivity index (χ4v) is 8.33. The van der Waals surface area contributed by atoms with Crippen molar-refractivity contribution in [3.8, 4) is 0 Å². The molecule has 3 unspecified atom stereocenters. The molecule has 0 amide bonds. The average Bonchev–Trinajstić information content (AvgIpc) is 3.28. The molecule has 0 aromatic carbocycles. The summed E-state index contributed by atoms with van der Waals surface area (Å²) in [6.07, 6.45) is 56.8. The Bertz CT molecular complexity index is 1080. The SMILES string of the molecule is CCCCC/C=C\C/C=C\C/C=C\CCCCCCCCCOCC(COP(=O)(O)OCC(O)CO)OC(=O)CCCCCCCCCCCCCCCCCCCCCCCC. The van der Waals surface area contributed by atoms with Crippen molar-refractivity contribution in [1.82, 2.24) is 0 Å². The molecule has 0 aliphatic rings. The standard InChI is InChI=1S/C53H101O9P/c1-3-5-7-9-11-13-15-17-19-21-23-25-26-27-29-31-33-35-37-39-41-43-45-53(56)62-52(50-61-63(57,58)60-48-51(55)47-54)49-59-46-44-42-40-38-36-34-32-30-28-24-22-20-18-16-14-12-10-8-6-4-2/h12,14,18,20,24,28,51-52,54-55H,3-11,13,15-17,19,21-23,25-27,29-50H2,1-2H3,(H,57,58)/b14-12-,20-18-,28-24-. The number of allylic oxidation sites excluding steroid dienone is 6. The van der Waals surface area contributed by atoms with Gasteiger partial charge in [-0.25, -0.2) is 4.57 Å². The van der Waals surface area contributed by atoms with E-state index in [1.54, 1.807) is 0 Å². The number of carbonyl (C=O) groups excluding carboxylic acids is 1. The number of ether oxygens (including phenoxy) is 2. The Hall–Kier alpha value is -1.32. The van der Waals surface area contributed by atoms with Crippen LogP contribution in [0.5, 0.6) is 0 Å². The summed E-state index contributed by atoms with van der Waals surface area (Å²) in [5.74, 6) is -0.381. The van der Waals surface area contributed by atoms with Crippen molar-refractivity contribution in [2.45, 2.75) is 264 Å². The molecule has 0 fully saturated rings. The van der Waals surface area contributed by atoms with Gasteiger partial charge in [0.15, 0.2) is 0 Å². The molecule has 0 aliphatic heterocycles. The molecule has 0 bridgehead atoms. The Balaban J connectivity index is 4.05. The lowest BCUT2D eigenvalue weighted by atomic mass is 10.0. The van der Waals surface area contributed by atoms with Crippen LogP contribution in [0.15, 0.2) is 36.5 Å². The molecule has 0 aromatic rings. The van der Waals surface area contributed by atoms with Gasteiger partial charge in [-0.15, -0.1) is 0 Å². The van der Waals surface area contributed by atoms with Gasteiger partial charge in [0.25, 0.3) is 0 Å². The van der Waals surface area contributed by atoms with Crippen molar-refractivity contribution in [2.75, 3.05) is 33.0 Å². The third kappa shape index (κ3) is 49.9. The molecule has 0 aromatic heterocycles. The third-order valence-corrected chi connectivity index (χ3v) is 12.5. The summed E-state index contributed by atoms with van der Waals surface area (Å²) in [4.78, 5) is 22.7. The Morgan fingerprint density at radius 2 is 0.857 bits per heavy atom. The van der Waals surface area contributed by atoms with E-state index >= 15 is 0 Å². The summed E-state index contributed by atoms with van der Waals surface area (Å²) in [5, 5.41) is 18.4. The lowest BCUT2D eigenvalue weighted by molar-refractivity contribution is -0.154. The highest BCUT2D eigenvalue weighted by Gasteiger charge is 2.26. The third-order valence-electron chi connectivity index (χ3n) is 11.6. The van der Waals surface area contributed by atoms with E-state index in [2.05, 4.69) is 50.3 Å². The molecule has 0 radical (unpaired) electrons.